The van der Waals surface area contributed by atoms with Gasteiger partial charge in [0.05, 0.1) is 10.5 Å². The van der Waals surface area contributed by atoms with Gasteiger partial charge in [-0.2, -0.15) is 0 Å². The van der Waals surface area contributed by atoms with Crippen LogP contribution in [0.5, 0.6) is 0 Å². The van der Waals surface area contributed by atoms with Gasteiger partial charge in [-0.05, 0) is 59.3 Å². The molecule has 1 aliphatic rings. The first-order chi connectivity index (χ1) is 15.1. The number of carbonyl (C=O) groups is 1. The van der Waals surface area contributed by atoms with Gasteiger partial charge in [0, 0.05) is 11.3 Å². The third-order valence-electron chi connectivity index (χ3n) is 4.98. The van der Waals surface area contributed by atoms with E-state index in [1.165, 1.54) is 22.3 Å². The fourth-order valence-electron chi connectivity index (χ4n) is 3.23. The molecular formula is C28H22O2S. The molecule has 0 aliphatic carbocycles. The van der Waals surface area contributed by atoms with Crippen molar-refractivity contribution in [2.24, 2.45) is 0 Å². The summed E-state index contributed by atoms with van der Waals surface area (Å²) < 4.78 is 0. The van der Waals surface area contributed by atoms with E-state index >= 15 is 0 Å². The van der Waals surface area contributed by atoms with Crippen LogP contribution >= 0.6 is 10.5 Å². The van der Waals surface area contributed by atoms with Crippen molar-refractivity contribution in [3.63, 3.8) is 0 Å². The number of carboxylic acids is 1. The van der Waals surface area contributed by atoms with Crippen molar-refractivity contribution in [1.29, 1.82) is 0 Å². The molecule has 0 radical (unpaired) electrons. The quantitative estimate of drug-likeness (QED) is 0.396. The van der Waals surface area contributed by atoms with Crippen LogP contribution in [0.3, 0.4) is 0 Å². The number of benzene rings is 3. The van der Waals surface area contributed by atoms with Crippen molar-refractivity contribution in [2.75, 3.05) is 0 Å². The van der Waals surface area contributed by atoms with Gasteiger partial charge in [0.25, 0.3) is 0 Å². The van der Waals surface area contributed by atoms with E-state index in [2.05, 4.69) is 84.8 Å². The Balaban J connectivity index is 1.67. The van der Waals surface area contributed by atoms with Crippen molar-refractivity contribution in [1.82, 2.24) is 0 Å². The summed E-state index contributed by atoms with van der Waals surface area (Å²) in [5, 5.41) is 11.4. The van der Waals surface area contributed by atoms with Gasteiger partial charge in [-0.1, -0.05) is 78.1 Å². The third kappa shape index (κ3) is 5.31. The van der Waals surface area contributed by atoms with Gasteiger partial charge in [-0.25, -0.2) is 4.79 Å². The monoisotopic (exact) mass is 422 g/mol. The second-order valence-corrected chi connectivity index (χ2v) is 9.15. The Kier molecular flexibility index (Phi) is 6.31. The maximum Gasteiger partial charge on any atom is 0.335 e. The van der Waals surface area contributed by atoms with Crippen molar-refractivity contribution < 1.29 is 9.90 Å². The van der Waals surface area contributed by atoms with Gasteiger partial charge in [0.1, 0.15) is 0 Å². The van der Waals surface area contributed by atoms with Crippen molar-refractivity contribution in [2.45, 2.75) is 12.7 Å². The molecule has 1 aliphatic heterocycles. The van der Waals surface area contributed by atoms with Crippen LogP contribution in [-0.4, -0.2) is 16.4 Å². The maximum absolute atomic E-state index is 11.0. The molecule has 3 heteroatoms. The van der Waals surface area contributed by atoms with Crippen molar-refractivity contribution in [3.8, 4) is 11.8 Å². The minimum absolute atomic E-state index is 0.155. The van der Waals surface area contributed by atoms with Gasteiger partial charge in [0.2, 0.25) is 0 Å². The lowest BCUT2D eigenvalue weighted by atomic mass is 10.1. The van der Waals surface area contributed by atoms with E-state index < -0.39 is 5.97 Å². The molecule has 1 N–H and O–H groups in total. The minimum atomic E-state index is -0.928. The number of aromatic carboxylic acids is 1. The van der Waals surface area contributed by atoms with Crippen LogP contribution in [0.25, 0.3) is 5.57 Å². The number of rotatable bonds is 4. The molecule has 152 valence electrons. The van der Waals surface area contributed by atoms with Crippen LogP contribution in [0.4, 0.5) is 0 Å². The molecule has 0 bridgehead atoms. The highest BCUT2D eigenvalue weighted by atomic mass is 32.2. The number of aryl methyl sites for hydroxylation is 1. The first-order valence-electron chi connectivity index (χ1n) is 10.0. The van der Waals surface area contributed by atoms with E-state index in [0.29, 0.717) is 0 Å². The van der Waals surface area contributed by atoms with E-state index in [0.717, 1.165) is 16.2 Å². The third-order valence-corrected chi connectivity index (χ3v) is 6.96. The first kappa shape index (κ1) is 20.7. The Hall–Kier alpha value is -3.61. The molecule has 2 nitrogen and oxygen atoms in total. The van der Waals surface area contributed by atoms with Gasteiger partial charge < -0.3 is 5.11 Å². The first-order valence-corrected chi connectivity index (χ1v) is 11.5. The van der Waals surface area contributed by atoms with Gasteiger partial charge in [0.15, 0.2) is 0 Å². The highest BCUT2D eigenvalue weighted by molar-refractivity contribution is 8.18. The van der Waals surface area contributed by atoms with Crippen LogP contribution in [0.15, 0.2) is 95.9 Å². The highest BCUT2D eigenvalue weighted by Gasteiger charge is 2.10. The van der Waals surface area contributed by atoms with Crippen LogP contribution < -0.4 is 0 Å². The average Bonchev–Trinajstić information content (AvgIpc) is 2.80. The number of allylic oxidation sites excluding steroid dienone is 4. The summed E-state index contributed by atoms with van der Waals surface area (Å²) in [6.45, 7) is 2.10. The predicted octanol–water partition coefficient (Wildman–Crippen LogP) is 6.30. The van der Waals surface area contributed by atoms with E-state index in [9.17, 15) is 4.79 Å². The Bertz CT molecular complexity index is 1250. The minimum Gasteiger partial charge on any atom is -0.478 e. The fourth-order valence-corrected chi connectivity index (χ4v) is 5.09. The van der Waals surface area contributed by atoms with Crippen LogP contribution in [0.2, 0.25) is 0 Å². The standard InChI is InChI=1S/C28H22O2S/c1-21-7-12-24(13-8-21)26-16-18-27(31(20-26)19-23-5-3-2-4-6-23)17-11-22-9-14-25(15-10-22)28(29)30/h2-10,12-16,18,20H,19H2,1H3,(H,29,30). The summed E-state index contributed by atoms with van der Waals surface area (Å²) in [6.07, 6.45) is 4.26. The molecule has 1 heterocycles. The molecule has 0 fully saturated rings. The lowest BCUT2D eigenvalue weighted by molar-refractivity contribution is 0.0697. The van der Waals surface area contributed by atoms with E-state index in [1.807, 2.05) is 6.07 Å². The summed E-state index contributed by atoms with van der Waals surface area (Å²) in [6, 6.07) is 25.8. The lowest BCUT2D eigenvalue weighted by Gasteiger charge is -2.15. The van der Waals surface area contributed by atoms with Crippen molar-refractivity contribution >= 4 is 27.4 Å². The average molecular weight is 423 g/mol. The largest absolute Gasteiger partial charge is 0.478 e. The zero-order valence-corrected chi connectivity index (χ0v) is 18.0. The van der Waals surface area contributed by atoms with Gasteiger partial charge in [-0.15, -0.1) is 10.5 Å². The molecule has 3 aromatic carbocycles. The second-order valence-electron chi connectivity index (χ2n) is 7.33. The summed E-state index contributed by atoms with van der Waals surface area (Å²) in [5.41, 5.74) is 6.04. The zero-order valence-electron chi connectivity index (χ0n) is 17.2. The molecule has 1 atom stereocenters. The SMILES string of the molecule is Cc1ccc(C2=CC=C(C#Cc3ccc(C(=O)O)cc3)S(Cc3ccccc3)=C2)cc1. The van der Waals surface area contributed by atoms with E-state index in [-0.39, 0.29) is 16.0 Å². The fraction of sp³-hybridized carbons (Fsp3) is 0.0714. The summed E-state index contributed by atoms with van der Waals surface area (Å²) in [5.74, 6) is 6.52. The molecule has 0 saturated carbocycles. The molecule has 0 aromatic heterocycles. The highest BCUT2D eigenvalue weighted by Crippen LogP contribution is 2.35. The number of hydrogen-bond acceptors (Lipinski definition) is 1. The molecule has 0 amide bonds. The topological polar surface area (TPSA) is 37.3 Å². The molecule has 31 heavy (non-hydrogen) atoms. The summed E-state index contributed by atoms with van der Waals surface area (Å²) in [4.78, 5) is 12.1. The van der Waals surface area contributed by atoms with Gasteiger partial charge in [-0.3, -0.25) is 0 Å². The van der Waals surface area contributed by atoms with Crippen LogP contribution in [-0.2, 0) is 5.75 Å². The van der Waals surface area contributed by atoms with Crippen LogP contribution in [0, 0.1) is 18.8 Å². The maximum atomic E-state index is 11.0. The molecule has 0 saturated heterocycles. The molecule has 1 unspecified atom stereocenters. The van der Waals surface area contributed by atoms with E-state index in [1.54, 1.807) is 24.3 Å². The number of carboxylic acid groups (broad SMARTS) is 1. The molecule has 3 aromatic rings. The normalized spacial score (nSPS) is 15.1. The lowest BCUT2D eigenvalue weighted by Crippen LogP contribution is -1.96. The second kappa shape index (κ2) is 9.47. The van der Waals surface area contributed by atoms with Crippen LogP contribution in [0.1, 0.15) is 32.6 Å². The Morgan fingerprint density at radius 1 is 0.871 bits per heavy atom. The van der Waals surface area contributed by atoms with E-state index in [4.69, 9.17) is 5.11 Å². The van der Waals surface area contributed by atoms with Gasteiger partial charge >= 0.3 is 5.97 Å². The molecular weight excluding hydrogens is 400 g/mol. The van der Waals surface area contributed by atoms with Crippen molar-refractivity contribution in [3.05, 3.63) is 124 Å². The Morgan fingerprint density at radius 2 is 1.58 bits per heavy atom. The number of hydrogen-bond donors (Lipinski definition) is 1. The summed E-state index contributed by atoms with van der Waals surface area (Å²) in [7, 11) is -0.155. The molecule has 0 spiro atoms. The Morgan fingerprint density at radius 3 is 2.26 bits per heavy atom. The predicted molar refractivity (Wildman–Crippen MR) is 131 cm³/mol. The molecule has 4 rings (SSSR count). The zero-order chi connectivity index (χ0) is 21.6. The smallest absolute Gasteiger partial charge is 0.335 e. The Labute approximate surface area is 185 Å². The summed E-state index contributed by atoms with van der Waals surface area (Å²) >= 11 is 0.